The van der Waals surface area contributed by atoms with Gasteiger partial charge in [0.25, 0.3) is 0 Å². The van der Waals surface area contributed by atoms with Crippen molar-refractivity contribution in [3.63, 3.8) is 0 Å². The topological polar surface area (TPSA) is 54.2 Å². The standard InChI is InChI=1S/C14H27N5.HI/c1-5-15-14(17-9-12(2)3)16-8-6-7-13-10-18-19(4)11-13;/h10-12H,5-9H2,1-4H3,(H2,15,16,17);1H. The van der Waals surface area contributed by atoms with Crippen LogP contribution in [0.4, 0.5) is 0 Å². The van der Waals surface area contributed by atoms with E-state index in [4.69, 9.17) is 0 Å². The van der Waals surface area contributed by atoms with Crippen LogP contribution in [0.3, 0.4) is 0 Å². The number of nitrogens with one attached hydrogen (secondary N) is 2. The molecule has 5 nitrogen and oxygen atoms in total. The molecule has 20 heavy (non-hydrogen) atoms. The molecule has 0 radical (unpaired) electrons. The van der Waals surface area contributed by atoms with E-state index < -0.39 is 0 Å². The second-order valence-corrected chi connectivity index (χ2v) is 5.17. The van der Waals surface area contributed by atoms with Crippen LogP contribution >= 0.6 is 24.0 Å². The largest absolute Gasteiger partial charge is 0.357 e. The maximum Gasteiger partial charge on any atom is 0.191 e. The van der Waals surface area contributed by atoms with Gasteiger partial charge >= 0.3 is 0 Å². The lowest BCUT2D eigenvalue weighted by Crippen LogP contribution is -2.38. The molecule has 0 spiro atoms. The van der Waals surface area contributed by atoms with Crippen molar-refractivity contribution < 1.29 is 0 Å². The maximum absolute atomic E-state index is 4.54. The number of aryl methyl sites for hydroxylation is 2. The Morgan fingerprint density at radius 3 is 2.70 bits per heavy atom. The van der Waals surface area contributed by atoms with Gasteiger partial charge in [-0.25, -0.2) is 0 Å². The van der Waals surface area contributed by atoms with E-state index in [9.17, 15) is 0 Å². The Hall–Kier alpha value is -0.790. The zero-order valence-electron chi connectivity index (χ0n) is 13.0. The molecule has 0 unspecified atom stereocenters. The molecule has 1 rings (SSSR count). The number of aliphatic imine (C=N–C) groups is 1. The predicted molar refractivity (Wildman–Crippen MR) is 95.8 cm³/mol. The average molecular weight is 393 g/mol. The molecule has 0 aliphatic heterocycles. The monoisotopic (exact) mass is 393 g/mol. The number of halogens is 1. The van der Waals surface area contributed by atoms with Crippen LogP contribution in [0.2, 0.25) is 0 Å². The molecule has 1 heterocycles. The van der Waals surface area contributed by atoms with Crippen molar-refractivity contribution in [1.29, 1.82) is 0 Å². The molecule has 1 aromatic heterocycles. The van der Waals surface area contributed by atoms with Gasteiger partial charge in [0.15, 0.2) is 5.96 Å². The summed E-state index contributed by atoms with van der Waals surface area (Å²) in [5.41, 5.74) is 1.29. The molecule has 0 aliphatic carbocycles. The van der Waals surface area contributed by atoms with E-state index in [1.54, 1.807) is 0 Å². The van der Waals surface area contributed by atoms with E-state index in [1.807, 2.05) is 17.9 Å². The van der Waals surface area contributed by atoms with Crippen LogP contribution in [0.15, 0.2) is 17.4 Å². The van der Waals surface area contributed by atoms with Gasteiger partial charge in [0, 0.05) is 32.9 Å². The van der Waals surface area contributed by atoms with Gasteiger partial charge in [-0.1, -0.05) is 13.8 Å². The first-order valence-corrected chi connectivity index (χ1v) is 7.11. The van der Waals surface area contributed by atoms with E-state index >= 15 is 0 Å². The van der Waals surface area contributed by atoms with E-state index in [0.717, 1.165) is 38.4 Å². The maximum atomic E-state index is 4.54. The summed E-state index contributed by atoms with van der Waals surface area (Å²) in [6, 6.07) is 0. The normalized spacial score (nSPS) is 11.3. The Morgan fingerprint density at radius 1 is 1.40 bits per heavy atom. The molecule has 0 aromatic carbocycles. The smallest absolute Gasteiger partial charge is 0.191 e. The van der Waals surface area contributed by atoms with Gasteiger partial charge in [-0.2, -0.15) is 5.10 Å². The third-order valence-corrected chi connectivity index (χ3v) is 2.65. The van der Waals surface area contributed by atoms with E-state index in [0.29, 0.717) is 5.92 Å². The summed E-state index contributed by atoms with van der Waals surface area (Å²) in [5.74, 6) is 1.51. The van der Waals surface area contributed by atoms with Crippen molar-refractivity contribution in [2.75, 3.05) is 19.6 Å². The van der Waals surface area contributed by atoms with Crippen molar-refractivity contribution in [2.45, 2.75) is 33.6 Å². The van der Waals surface area contributed by atoms with Crippen molar-refractivity contribution in [3.8, 4) is 0 Å². The molecule has 0 aliphatic rings. The molecule has 0 amide bonds. The molecule has 2 N–H and O–H groups in total. The van der Waals surface area contributed by atoms with Crippen LogP contribution in [0.5, 0.6) is 0 Å². The third-order valence-electron chi connectivity index (χ3n) is 2.65. The van der Waals surface area contributed by atoms with E-state index in [1.165, 1.54) is 5.56 Å². The highest BCUT2D eigenvalue weighted by molar-refractivity contribution is 14.0. The highest BCUT2D eigenvalue weighted by Gasteiger charge is 1.99. The lowest BCUT2D eigenvalue weighted by atomic mass is 10.2. The lowest BCUT2D eigenvalue weighted by Gasteiger charge is -2.11. The molecule has 0 bridgehead atoms. The second kappa shape index (κ2) is 10.9. The fraction of sp³-hybridized carbons (Fsp3) is 0.714. The Labute approximate surface area is 139 Å². The minimum atomic E-state index is 0. The molecule has 0 saturated carbocycles. The summed E-state index contributed by atoms with van der Waals surface area (Å²) in [6.45, 7) is 9.12. The first kappa shape index (κ1) is 19.2. The molecule has 116 valence electrons. The summed E-state index contributed by atoms with van der Waals surface area (Å²) in [7, 11) is 1.95. The molecule has 0 atom stereocenters. The first-order valence-electron chi connectivity index (χ1n) is 7.11. The van der Waals surface area contributed by atoms with Gasteiger partial charge < -0.3 is 10.6 Å². The third kappa shape index (κ3) is 8.39. The van der Waals surface area contributed by atoms with Crippen LogP contribution in [0.25, 0.3) is 0 Å². The number of guanidine groups is 1. The van der Waals surface area contributed by atoms with E-state index in [2.05, 4.69) is 47.7 Å². The number of rotatable bonds is 7. The fourth-order valence-electron chi connectivity index (χ4n) is 1.72. The number of nitrogens with zero attached hydrogens (tertiary/aromatic N) is 3. The zero-order chi connectivity index (χ0) is 14.1. The van der Waals surface area contributed by atoms with Crippen molar-refractivity contribution in [3.05, 3.63) is 18.0 Å². The quantitative estimate of drug-likeness (QED) is 0.323. The average Bonchev–Trinajstić information content (AvgIpc) is 2.77. The minimum absolute atomic E-state index is 0. The molecular formula is C14H28IN5. The Kier molecular flexibility index (Phi) is 10.5. The van der Waals surface area contributed by atoms with Gasteiger partial charge in [-0.3, -0.25) is 9.67 Å². The highest BCUT2D eigenvalue weighted by Crippen LogP contribution is 1.99. The number of aromatic nitrogens is 2. The van der Waals surface area contributed by atoms with Crippen LogP contribution in [-0.2, 0) is 13.5 Å². The van der Waals surface area contributed by atoms with Crippen LogP contribution < -0.4 is 10.6 Å². The summed E-state index contributed by atoms with van der Waals surface area (Å²) < 4.78 is 1.84. The van der Waals surface area contributed by atoms with Crippen molar-refractivity contribution in [2.24, 2.45) is 18.0 Å². The minimum Gasteiger partial charge on any atom is -0.357 e. The number of hydrogen-bond donors (Lipinski definition) is 2. The molecule has 6 heteroatoms. The summed E-state index contributed by atoms with van der Waals surface area (Å²) in [4.78, 5) is 4.54. The fourth-order valence-corrected chi connectivity index (χ4v) is 1.72. The summed E-state index contributed by atoms with van der Waals surface area (Å²) in [6.07, 6.45) is 6.12. The number of hydrogen-bond acceptors (Lipinski definition) is 2. The van der Waals surface area contributed by atoms with Crippen LogP contribution in [-0.4, -0.2) is 35.4 Å². The second-order valence-electron chi connectivity index (χ2n) is 5.17. The Balaban J connectivity index is 0.00000361. The van der Waals surface area contributed by atoms with Gasteiger partial charge in [0.2, 0.25) is 0 Å². The van der Waals surface area contributed by atoms with E-state index in [-0.39, 0.29) is 24.0 Å². The van der Waals surface area contributed by atoms with Crippen LogP contribution in [0, 0.1) is 5.92 Å². The molecule has 0 saturated heterocycles. The van der Waals surface area contributed by atoms with Crippen LogP contribution in [0.1, 0.15) is 32.8 Å². The summed E-state index contributed by atoms with van der Waals surface area (Å²) >= 11 is 0. The predicted octanol–water partition coefficient (Wildman–Crippen LogP) is 2.18. The first-order chi connectivity index (χ1) is 9.11. The SMILES string of the molecule is CCNC(=NCC(C)C)NCCCc1cnn(C)c1.I. The Morgan fingerprint density at radius 2 is 2.15 bits per heavy atom. The van der Waals surface area contributed by atoms with Crippen molar-refractivity contribution >= 4 is 29.9 Å². The zero-order valence-corrected chi connectivity index (χ0v) is 15.3. The van der Waals surface area contributed by atoms with Gasteiger partial charge in [-0.05, 0) is 31.2 Å². The van der Waals surface area contributed by atoms with Crippen molar-refractivity contribution in [1.82, 2.24) is 20.4 Å². The van der Waals surface area contributed by atoms with Gasteiger partial charge in [-0.15, -0.1) is 24.0 Å². The van der Waals surface area contributed by atoms with Gasteiger partial charge in [0.05, 0.1) is 6.20 Å². The highest BCUT2D eigenvalue weighted by atomic mass is 127. The Bertz CT molecular complexity index is 387. The molecule has 1 aromatic rings. The summed E-state index contributed by atoms with van der Waals surface area (Å²) in [5, 5.41) is 10.8. The molecule has 0 fully saturated rings. The van der Waals surface area contributed by atoms with Gasteiger partial charge in [0.1, 0.15) is 0 Å². The lowest BCUT2D eigenvalue weighted by molar-refractivity contribution is 0.654. The molecular weight excluding hydrogens is 365 g/mol.